The Morgan fingerprint density at radius 1 is 1.42 bits per heavy atom. The zero-order valence-electron chi connectivity index (χ0n) is 11.8. The van der Waals surface area contributed by atoms with Crippen LogP contribution in [-0.4, -0.2) is 19.1 Å². The molecule has 0 bridgehead atoms. The zero-order valence-corrected chi connectivity index (χ0v) is 11.8. The van der Waals surface area contributed by atoms with Crippen LogP contribution in [0.3, 0.4) is 0 Å². The van der Waals surface area contributed by atoms with Crippen LogP contribution >= 0.6 is 0 Å². The molecule has 1 fully saturated rings. The van der Waals surface area contributed by atoms with Gasteiger partial charge in [0.1, 0.15) is 0 Å². The van der Waals surface area contributed by atoms with Gasteiger partial charge in [0.25, 0.3) is 0 Å². The Labute approximate surface area is 114 Å². The van der Waals surface area contributed by atoms with Gasteiger partial charge in [0.05, 0.1) is 13.4 Å². The lowest BCUT2D eigenvalue weighted by Gasteiger charge is -2.22. The molecule has 1 N–H and O–H groups in total. The summed E-state index contributed by atoms with van der Waals surface area (Å²) in [6.45, 7) is 2.97. The molecule has 1 aromatic rings. The van der Waals surface area contributed by atoms with Gasteiger partial charge in [-0.15, -0.1) is 0 Å². The van der Waals surface area contributed by atoms with Gasteiger partial charge in [-0.2, -0.15) is 0 Å². The molecule has 0 spiro atoms. The molecule has 1 aliphatic carbocycles. The smallest absolute Gasteiger partial charge is 0.374 e. The summed E-state index contributed by atoms with van der Waals surface area (Å²) < 4.78 is 9.90. The molecular weight excluding hydrogens is 242 g/mol. The van der Waals surface area contributed by atoms with Crippen molar-refractivity contribution < 1.29 is 13.9 Å². The van der Waals surface area contributed by atoms with Crippen molar-refractivity contribution in [3.63, 3.8) is 0 Å². The maximum Gasteiger partial charge on any atom is 0.374 e. The van der Waals surface area contributed by atoms with E-state index in [-0.39, 0.29) is 0 Å². The third-order valence-electron chi connectivity index (χ3n) is 4.03. The highest BCUT2D eigenvalue weighted by Crippen LogP contribution is 2.23. The number of methoxy groups -OCH3 is 1. The summed E-state index contributed by atoms with van der Waals surface area (Å²) in [6.07, 6.45) is 8.00. The first-order valence-electron chi connectivity index (χ1n) is 7.10. The lowest BCUT2D eigenvalue weighted by atomic mass is 9.97. The van der Waals surface area contributed by atoms with Crippen LogP contribution in [0.15, 0.2) is 16.7 Å². The summed E-state index contributed by atoms with van der Waals surface area (Å²) in [5.74, 6) is 0.600. The van der Waals surface area contributed by atoms with Gasteiger partial charge < -0.3 is 14.5 Å². The van der Waals surface area contributed by atoms with Crippen molar-refractivity contribution in [3.8, 4) is 0 Å². The topological polar surface area (TPSA) is 51.5 Å². The highest BCUT2D eigenvalue weighted by atomic mass is 16.5. The molecule has 2 atom stereocenters. The van der Waals surface area contributed by atoms with Crippen LogP contribution < -0.4 is 5.32 Å². The zero-order chi connectivity index (χ0) is 13.7. The monoisotopic (exact) mass is 265 g/mol. The predicted molar refractivity (Wildman–Crippen MR) is 72.9 cm³/mol. The van der Waals surface area contributed by atoms with Crippen molar-refractivity contribution in [2.24, 2.45) is 5.92 Å². The standard InChI is InChI=1S/C15H23NO3/c1-11-6-4-3-5-7-13(11)16-10-12-8-9-19-14(12)15(17)18-2/h8-9,11,13,16H,3-7,10H2,1-2H3. The molecule has 0 aromatic carbocycles. The second-order valence-corrected chi connectivity index (χ2v) is 5.37. The largest absolute Gasteiger partial charge is 0.463 e. The summed E-state index contributed by atoms with van der Waals surface area (Å²) in [6, 6.07) is 2.36. The fourth-order valence-corrected chi connectivity index (χ4v) is 2.78. The molecule has 19 heavy (non-hydrogen) atoms. The molecule has 4 heteroatoms. The molecular formula is C15H23NO3. The number of esters is 1. The number of hydrogen-bond acceptors (Lipinski definition) is 4. The fraction of sp³-hybridized carbons (Fsp3) is 0.667. The molecule has 1 aliphatic rings. The van der Waals surface area contributed by atoms with Crippen LogP contribution in [-0.2, 0) is 11.3 Å². The molecule has 2 rings (SSSR count). The van der Waals surface area contributed by atoms with Gasteiger partial charge in [0, 0.05) is 18.2 Å². The molecule has 2 unspecified atom stereocenters. The third kappa shape index (κ3) is 3.60. The number of hydrogen-bond donors (Lipinski definition) is 1. The predicted octanol–water partition coefficient (Wildman–Crippen LogP) is 3.12. The number of ether oxygens (including phenoxy) is 1. The number of carbonyl (C=O) groups is 1. The van der Waals surface area contributed by atoms with E-state index in [0.29, 0.717) is 24.3 Å². The SMILES string of the molecule is COC(=O)c1occc1CNC1CCCCCC1C. The third-order valence-corrected chi connectivity index (χ3v) is 4.03. The Morgan fingerprint density at radius 2 is 2.21 bits per heavy atom. The van der Waals surface area contributed by atoms with E-state index < -0.39 is 5.97 Å². The van der Waals surface area contributed by atoms with E-state index in [1.807, 2.05) is 6.07 Å². The van der Waals surface area contributed by atoms with Crippen molar-refractivity contribution in [1.29, 1.82) is 0 Å². The van der Waals surface area contributed by atoms with Crippen LogP contribution in [0.25, 0.3) is 0 Å². The fourth-order valence-electron chi connectivity index (χ4n) is 2.78. The van der Waals surface area contributed by atoms with Crippen molar-refractivity contribution in [2.75, 3.05) is 7.11 Å². The molecule has 0 radical (unpaired) electrons. The highest BCUT2D eigenvalue weighted by Gasteiger charge is 2.21. The Bertz CT molecular complexity index is 413. The minimum absolute atomic E-state index is 0.316. The van der Waals surface area contributed by atoms with E-state index >= 15 is 0 Å². The second-order valence-electron chi connectivity index (χ2n) is 5.37. The molecule has 1 aromatic heterocycles. The van der Waals surface area contributed by atoms with E-state index in [1.54, 1.807) is 6.26 Å². The van der Waals surface area contributed by atoms with Gasteiger partial charge in [0.15, 0.2) is 0 Å². The number of nitrogens with one attached hydrogen (secondary N) is 1. The highest BCUT2D eigenvalue weighted by molar-refractivity contribution is 5.87. The van der Waals surface area contributed by atoms with E-state index in [9.17, 15) is 4.79 Å². The van der Waals surface area contributed by atoms with Gasteiger partial charge in [0.2, 0.25) is 5.76 Å². The van der Waals surface area contributed by atoms with Crippen LogP contribution in [0.1, 0.15) is 55.1 Å². The van der Waals surface area contributed by atoms with Gasteiger partial charge in [-0.1, -0.05) is 26.2 Å². The van der Waals surface area contributed by atoms with Gasteiger partial charge in [-0.3, -0.25) is 0 Å². The molecule has 1 heterocycles. The van der Waals surface area contributed by atoms with Crippen LogP contribution in [0.2, 0.25) is 0 Å². The normalized spacial score (nSPS) is 23.9. The lowest BCUT2D eigenvalue weighted by molar-refractivity contribution is 0.0563. The molecule has 4 nitrogen and oxygen atoms in total. The number of carbonyl (C=O) groups excluding carboxylic acids is 1. The minimum atomic E-state index is -0.407. The van der Waals surface area contributed by atoms with Crippen molar-refractivity contribution in [3.05, 3.63) is 23.7 Å². The Balaban J connectivity index is 1.94. The number of rotatable bonds is 4. The first kappa shape index (κ1) is 14.1. The Kier molecular flexibility index (Phi) is 5.02. The molecule has 106 valence electrons. The second kappa shape index (κ2) is 6.75. The van der Waals surface area contributed by atoms with Crippen LogP contribution in [0.5, 0.6) is 0 Å². The van der Waals surface area contributed by atoms with E-state index in [1.165, 1.54) is 39.2 Å². The Morgan fingerprint density at radius 3 is 3.00 bits per heavy atom. The van der Waals surface area contributed by atoms with Gasteiger partial charge >= 0.3 is 5.97 Å². The first-order valence-corrected chi connectivity index (χ1v) is 7.10. The molecule has 1 saturated carbocycles. The summed E-state index contributed by atoms with van der Waals surface area (Å²) in [7, 11) is 1.37. The average Bonchev–Trinajstić information content (AvgIpc) is 2.79. The number of furan rings is 1. The van der Waals surface area contributed by atoms with Crippen molar-refractivity contribution in [1.82, 2.24) is 5.32 Å². The molecule has 0 amide bonds. The first-order chi connectivity index (χ1) is 9.22. The minimum Gasteiger partial charge on any atom is -0.463 e. The van der Waals surface area contributed by atoms with Gasteiger partial charge in [-0.05, 0) is 24.8 Å². The van der Waals surface area contributed by atoms with E-state index in [4.69, 9.17) is 9.15 Å². The van der Waals surface area contributed by atoms with Crippen LogP contribution in [0.4, 0.5) is 0 Å². The van der Waals surface area contributed by atoms with E-state index in [0.717, 1.165) is 5.56 Å². The maximum absolute atomic E-state index is 11.5. The maximum atomic E-state index is 11.5. The molecule has 0 saturated heterocycles. The average molecular weight is 265 g/mol. The summed E-state index contributed by atoms with van der Waals surface area (Å²) in [4.78, 5) is 11.5. The Hall–Kier alpha value is -1.29. The summed E-state index contributed by atoms with van der Waals surface area (Å²) >= 11 is 0. The van der Waals surface area contributed by atoms with Gasteiger partial charge in [-0.25, -0.2) is 4.79 Å². The van der Waals surface area contributed by atoms with Crippen molar-refractivity contribution >= 4 is 5.97 Å². The summed E-state index contributed by atoms with van der Waals surface area (Å²) in [5, 5.41) is 3.57. The van der Waals surface area contributed by atoms with Crippen molar-refractivity contribution in [2.45, 2.75) is 51.6 Å². The lowest BCUT2D eigenvalue weighted by Crippen LogP contribution is -2.34. The summed E-state index contributed by atoms with van der Waals surface area (Å²) in [5.41, 5.74) is 0.878. The van der Waals surface area contributed by atoms with E-state index in [2.05, 4.69) is 12.2 Å². The molecule has 0 aliphatic heterocycles. The van der Waals surface area contributed by atoms with Crippen LogP contribution in [0, 0.1) is 5.92 Å². The quantitative estimate of drug-likeness (QED) is 0.671.